The molecule has 0 aliphatic rings. The molecule has 0 aliphatic heterocycles. The monoisotopic (exact) mass is 243 g/mol. The highest BCUT2D eigenvalue weighted by molar-refractivity contribution is 5.83. The van der Waals surface area contributed by atoms with Crippen LogP contribution in [0.4, 0.5) is 4.79 Å². The number of carboxylic acids is 1. The van der Waals surface area contributed by atoms with E-state index in [0.29, 0.717) is 0 Å². The maximum atomic E-state index is 11.1. The Balaban J connectivity index is 3.70. The number of carbonyl (C=O) groups excluding carboxylic acids is 2. The van der Waals surface area contributed by atoms with E-state index in [1.165, 1.54) is 0 Å². The maximum Gasteiger partial charge on any atom is 0.408 e. The topological polar surface area (TPSA) is 131 Å². The Hall–Kier alpha value is -2.27. The van der Waals surface area contributed by atoms with E-state index in [1.807, 2.05) is 0 Å². The minimum absolute atomic E-state index is 0.197. The van der Waals surface area contributed by atoms with Crippen LogP contribution in [0, 0.1) is 12.3 Å². The van der Waals surface area contributed by atoms with E-state index < -0.39 is 24.0 Å². The van der Waals surface area contributed by atoms with E-state index in [4.69, 9.17) is 17.3 Å². The number of amides is 2. The average molecular weight is 243 g/mol. The molecule has 5 N–H and O–H groups in total. The lowest BCUT2D eigenvalue weighted by Crippen LogP contribution is -2.45. The highest BCUT2D eigenvalue weighted by Gasteiger charge is 2.12. The summed E-state index contributed by atoms with van der Waals surface area (Å²) in [7, 11) is 0. The molecule has 0 spiro atoms. The normalized spacial score (nSPS) is 10.8. The molecule has 0 radical (unpaired) electrons. The molecular weight excluding hydrogens is 230 g/mol. The summed E-state index contributed by atoms with van der Waals surface area (Å²) in [6.07, 6.45) is 4.01. The first-order valence-corrected chi connectivity index (χ1v) is 4.56. The van der Waals surface area contributed by atoms with Crippen molar-refractivity contribution >= 4 is 18.0 Å². The number of rotatable bonds is 6. The predicted octanol–water partition coefficient (Wildman–Crippen LogP) is -2.13. The first-order valence-electron chi connectivity index (χ1n) is 4.56. The van der Waals surface area contributed by atoms with Crippen LogP contribution in [0.15, 0.2) is 0 Å². The largest absolute Gasteiger partial charge is 0.480 e. The van der Waals surface area contributed by atoms with E-state index in [-0.39, 0.29) is 19.7 Å². The van der Waals surface area contributed by atoms with Crippen LogP contribution in [0.1, 0.15) is 0 Å². The highest BCUT2D eigenvalue weighted by atomic mass is 16.5. The zero-order valence-electron chi connectivity index (χ0n) is 8.93. The molecule has 0 heterocycles. The van der Waals surface area contributed by atoms with Crippen molar-refractivity contribution < 1.29 is 24.2 Å². The van der Waals surface area contributed by atoms with E-state index >= 15 is 0 Å². The van der Waals surface area contributed by atoms with Gasteiger partial charge in [0.2, 0.25) is 5.91 Å². The van der Waals surface area contributed by atoms with Crippen molar-refractivity contribution in [2.75, 3.05) is 19.7 Å². The molecule has 0 bridgehead atoms. The number of alkyl carbamates (subject to hydrolysis) is 1. The second-order valence-corrected chi connectivity index (χ2v) is 2.88. The molecule has 0 saturated carbocycles. The molecule has 0 aliphatic carbocycles. The number of terminal acetylenes is 1. The number of aliphatic carboxylic acids is 1. The van der Waals surface area contributed by atoms with Gasteiger partial charge in [0.25, 0.3) is 0 Å². The highest BCUT2D eigenvalue weighted by Crippen LogP contribution is 1.78. The van der Waals surface area contributed by atoms with Gasteiger partial charge in [0, 0.05) is 6.54 Å². The summed E-state index contributed by atoms with van der Waals surface area (Å²) >= 11 is 0. The Bertz CT molecular complexity index is 336. The molecule has 0 fully saturated rings. The Labute approximate surface area is 97.5 Å². The number of hydrogen-bond donors (Lipinski definition) is 4. The van der Waals surface area contributed by atoms with Gasteiger partial charge in [0.15, 0.2) is 6.61 Å². The second-order valence-electron chi connectivity index (χ2n) is 2.88. The van der Waals surface area contributed by atoms with E-state index in [2.05, 4.69) is 21.3 Å². The smallest absolute Gasteiger partial charge is 0.408 e. The summed E-state index contributed by atoms with van der Waals surface area (Å²) in [4.78, 5) is 32.2. The van der Waals surface area contributed by atoms with Crippen LogP contribution < -0.4 is 16.4 Å². The number of hydrogen-bond acceptors (Lipinski definition) is 5. The first kappa shape index (κ1) is 14.7. The van der Waals surface area contributed by atoms with Gasteiger partial charge in [-0.2, -0.15) is 0 Å². The van der Waals surface area contributed by atoms with Crippen molar-refractivity contribution in [3.63, 3.8) is 0 Å². The van der Waals surface area contributed by atoms with Crippen LogP contribution in [0.3, 0.4) is 0 Å². The lowest BCUT2D eigenvalue weighted by atomic mass is 10.3. The second kappa shape index (κ2) is 7.95. The van der Waals surface area contributed by atoms with Crippen LogP contribution in [0.2, 0.25) is 0 Å². The fourth-order valence-electron chi connectivity index (χ4n) is 0.684. The first-order chi connectivity index (χ1) is 7.97. The quantitative estimate of drug-likeness (QED) is 0.394. The van der Waals surface area contributed by atoms with Crippen molar-refractivity contribution in [3.05, 3.63) is 0 Å². The minimum atomic E-state index is -1.23. The van der Waals surface area contributed by atoms with E-state index in [1.54, 1.807) is 0 Å². The summed E-state index contributed by atoms with van der Waals surface area (Å²) in [5, 5.41) is 12.8. The number of nitrogens with two attached hydrogens (primary N) is 1. The van der Waals surface area contributed by atoms with Crippen LogP contribution in [-0.4, -0.2) is 48.8 Å². The zero-order chi connectivity index (χ0) is 13.3. The fraction of sp³-hybridized carbons (Fsp3) is 0.444. The Morgan fingerprint density at radius 2 is 2.06 bits per heavy atom. The van der Waals surface area contributed by atoms with Gasteiger partial charge < -0.3 is 26.2 Å². The SMILES string of the molecule is C#CCOC(=O)NCC(=O)NC[C@H](N)C(=O)O. The van der Waals surface area contributed by atoms with Crippen LogP contribution >= 0.6 is 0 Å². The van der Waals surface area contributed by atoms with E-state index in [0.717, 1.165) is 0 Å². The lowest BCUT2D eigenvalue weighted by Gasteiger charge is -2.08. The van der Waals surface area contributed by atoms with Crippen molar-refractivity contribution in [3.8, 4) is 12.3 Å². The summed E-state index contributed by atoms with van der Waals surface area (Å²) in [5.74, 6) is 0.260. The van der Waals surface area contributed by atoms with Gasteiger partial charge in [-0.25, -0.2) is 4.79 Å². The molecule has 0 unspecified atom stereocenters. The molecule has 0 rings (SSSR count). The molecule has 0 aromatic rings. The molecule has 94 valence electrons. The maximum absolute atomic E-state index is 11.1. The van der Waals surface area contributed by atoms with Gasteiger partial charge in [0.1, 0.15) is 6.04 Å². The lowest BCUT2D eigenvalue weighted by molar-refractivity contribution is -0.138. The minimum Gasteiger partial charge on any atom is -0.480 e. The third kappa shape index (κ3) is 7.64. The van der Waals surface area contributed by atoms with Gasteiger partial charge in [-0.15, -0.1) is 6.42 Å². The van der Waals surface area contributed by atoms with Crippen LogP contribution in [0.25, 0.3) is 0 Å². The third-order valence-electron chi connectivity index (χ3n) is 1.52. The fourth-order valence-corrected chi connectivity index (χ4v) is 0.684. The third-order valence-corrected chi connectivity index (χ3v) is 1.52. The Morgan fingerprint density at radius 1 is 1.41 bits per heavy atom. The van der Waals surface area contributed by atoms with Gasteiger partial charge in [0.05, 0.1) is 6.54 Å². The van der Waals surface area contributed by atoms with E-state index in [9.17, 15) is 14.4 Å². The van der Waals surface area contributed by atoms with Gasteiger partial charge in [-0.3, -0.25) is 9.59 Å². The molecule has 1 atom stereocenters. The molecule has 0 saturated heterocycles. The van der Waals surface area contributed by atoms with Crippen molar-refractivity contribution in [2.45, 2.75) is 6.04 Å². The summed E-state index contributed by atoms with van der Waals surface area (Å²) in [6.45, 7) is -0.775. The molecule has 8 nitrogen and oxygen atoms in total. The van der Waals surface area contributed by atoms with Crippen molar-refractivity contribution in [2.24, 2.45) is 5.73 Å². The molecular formula is C9H13N3O5. The van der Waals surface area contributed by atoms with Crippen LogP contribution in [0.5, 0.6) is 0 Å². The van der Waals surface area contributed by atoms with Crippen molar-refractivity contribution in [1.29, 1.82) is 0 Å². The molecule has 8 heteroatoms. The number of carbonyl (C=O) groups is 3. The van der Waals surface area contributed by atoms with Crippen LogP contribution in [-0.2, 0) is 14.3 Å². The Kier molecular flexibility index (Phi) is 6.89. The number of carboxylic acid groups (broad SMARTS) is 1. The number of nitrogens with one attached hydrogen (secondary N) is 2. The number of ether oxygens (including phenoxy) is 1. The standard InChI is InChI=1S/C9H13N3O5/c1-2-3-17-9(16)12-5-7(13)11-4-6(10)8(14)15/h1,6H,3-5,10H2,(H,11,13)(H,12,16)(H,14,15)/t6-/m0/s1. The molecule has 0 aromatic carbocycles. The van der Waals surface area contributed by atoms with Crippen molar-refractivity contribution in [1.82, 2.24) is 10.6 Å². The Morgan fingerprint density at radius 3 is 2.59 bits per heavy atom. The zero-order valence-corrected chi connectivity index (χ0v) is 8.93. The van der Waals surface area contributed by atoms with Gasteiger partial charge >= 0.3 is 12.1 Å². The summed E-state index contributed by atoms with van der Waals surface area (Å²) in [5.41, 5.74) is 5.14. The predicted molar refractivity (Wildman–Crippen MR) is 56.8 cm³/mol. The van der Waals surface area contributed by atoms with Gasteiger partial charge in [-0.05, 0) is 0 Å². The van der Waals surface area contributed by atoms with Gasteiger partial charge in [-0.1, -0.05) is 5.92 Å². The molecule has 2 amide bonds. The summed E-state index contributed by atoms with van der Waals surface area (Å²) < 4.78 is 4.42. The summed E-state index contributed by atoms with van der Waals surface area (Å²) in [6, 6.07) is -1.19. The molecule has 17 heavy (non-hydrogen) atoms. The average Bonchev–Trinajstić information content (AvgIpc) is 2.30. The molecule has 0 aromatic heterocycles.